The Morgan fingerprint density at radius 1 is 1.08 bits per heavy atom. The topological polar surface area (TPSA) is 57.6 Å². The van der Waals surface area contributed by atoms with Crippen LogP contribution in [0.15, 0.2) is 0 Å². The first-order valence-corrected chi connectivity index (χ1v) is 9.23. The summed E-state index contributed by atoms with van der Waals surface area (Å²) in [7, 11) is 0. The molecule has 4 nitrogen and oxygen atoms in total. The van der Waals surface area contributed by atoms with Crippen molar-refractivity contribution in [2.75, 3.05) is 13.1 Å². The maximum atomic E-state index is 13.8. The Labute approximate surface area is 144 Å². The lowest BCUT2D eigenvalue weighted by atomic mass is 9.43. The molecule has 5 aliphatic rings. The van der Waals surface area contributed by atoms with E-state index in [2.05, 4.69) is 0 Å². The molecule has 0 aromatic heterocycles. The van der Waals surface area contributed by atoms with Crippen LogP contribution in [-0.4, -0.2) is 41.1 Å². The number of halogens is 3. The molecule has 0 aromatic rings. The van der Waals surface area contributed by atoms with Gasteiger partial charge in [-0.15, -0.1) is 0 Å². The second-order valence-corrected chi connectivity index (χ2v) is 8.95. The highest BCUT2D eigenvalue weighted by Crippen LogP contribution is 2.69. The minimum Gasteiger partial charge on any atom is -0.481 e. The zero-order valence-electron chi connectivity index (χ0n) is 14.1. The molecule has 1 N–H and O–H groups in total. The molecule has 3 atom stereocenters. The number of hydrogen-bond acceptors (Lipinski definition) is 2. The standard InChI is InChI=1S/C18H24F3NO3/c19-18(20,21)17-7-11-4-12(8-17)6-16(5-11,10-17)15(25)22-3-1-2-13(9-22)14(23)24/h11-13H,1-10H2,(H,23,24). The third kappa shape index (κ3) is 2.56. The molecule has 1 saturated heterocycles. The maximum absolute atomic E-state index is 13.8. The molecule has 1 heterocycles. The number of carboxylic acids is 1. The number of hydrogen-bond donors (Lipinski definition) is 1. The van der Waals surface area contributed by atoms with Gasteiger partial charge in [0, 0.05) is 13.1 Å². The van der Waals surface area contributed by atoms with Gasteiger partial charge in [0.05, 0.1) is 16.7 Å². The third-order valence-corrected chi connectivity index (χ3v) is 7.17. The molecular weight excluding hydrogens is 335 g/mol. The van der Waals surface area contributed by atoms with Crippen LogP contribution in [0.3, 0.4) is 0 Å². The van der Waals surface area contributed by atoms with Gasteiger partial charge >= 0.3 is 12.1 Å². The van der Waals surface area contributed by atoms with E-state index in [-0.39, 0.29) is 43.6 Å². The number of rotatable bonds is 2. The largest absolute Gasteiger partial charge is 0.481 e. The van der Waals surface area contributed by atoms with Crippen LogP contribution in [0, 0.1) is 28.6 Å². The average Bonchev–Trinajstić information content (AvgIpc) is 2.52. The summed E-state index contributed by atoms with van der Waals surface area (Å²) in [6.07, 6.45) is -0.974. The van der Waals surface area contributed by atoms with Crippen molar-refractivity contribution in [2.24, 2.45) is 28.6 Å². The molecule has 4 saturated carbocycles. The van der Waals surface area contributed by atoms with E-state index in [0.717, 1.165) is 6.42 Å². The summed E-state index contributed by atoms with van der Waals surface area (Å²) in [5.74, 6) is -1.77. The van der Waals surface area contributed by atoms with Crippen molar-refractivity contribution in [2.45, 2.75) is 57.5 Å². The summed E-state index contributed by atoms with van der Waals surface area (Å²) in [5, 5.41) is 9.23. The van der Waals surface area contributed by atoms with Crippen LogP contribution in [-0.2, 0) is 9.59 Å². The highest BCUT2D eigenvalue weighted by molar-refractivity contribution is 5.84. The summed E-state index contributed by atoms with van der Waals surface area (Å²) in [6, 6.07) is 0. The Kier molecular flexibility index (Phi) is 3.68. The van der Waals surface area contributed by atoms with Gasteiger partial charge in [-0.05, 0) is 63.2 Å². The number of aliphatic carboxylic acids is 1. The number of carbonyl (C=O) groups excluding carboxylic acids is 1. The lowest BCUT2D eigenvalue weighted by molar-refractivity contribution is -0.284. The number of carboxylic acid groups (broad SMARTS) is 1. The Hall–Kier alpha value is -1.27. The van der Waals surface area contributed by atoms with Crippen LogP contribution in [0.25, 0.3) is 0 Å². The highest BCUT2D eigenvalue weighted by atomic mass is 19.4. The molecular formula is C18H24F3NO3. The van der Waals surface area contributed by atoms with E-state index >= 15 is 0 Å². The van der Waals surface area contributed by atoms with Crippen LogP contribution < -0.4 is 0 Å². The van der Waals surface area contributed by atoms with Crippen molar-refractivity contribution < 1.29 is 27.9 Å². The second-order valence-electron chi connectivity index (χ2n) is 8.95. The Morgan fingerprint density at radius 3 is 2.28 bits per heavy atom. The van der Waals surface area contributed by atoms with Gasteiger partial charge < -0.3 is 10.0 Å². The summed E-state index contributed by atoms with van der Waals surface area (Å²) < 4.78 is 41.5. The van der Waals surface area contributed by atoms with Crippen molar-refractivity contribution in [1.82, 2.24) is 4.90 Å². The van der Waals surface area contributed by atoms with Crippen LogP contribution in [0.1, 0.15) is 51.4 Å². The normalized spacial score (nSPS) is 43.3. The summed E-state index contributed by atoms with van der Waals surface area (Å²) >= 11 is 0. The first-order valence-electron chi connectivity index (χ1n) is 9.23. The van der Waals surface area contributed by atoms with E-state index in [9.17, 15) is 27.9 Å². The van der Waals surface area contributed by atoms with Crippen molar-refractivity contribution >= 4 is 11.9 Å². The summed E-state index contributed by atoms with van der Waals surface area (Å²) in [6.45, 7) is 0.614. The van der Waals surface area contributed by atoms with Crippen molar-refractivity contribution in [3.8, 4) is 0 Å². The van der Waals surface area contributed by atoms with Gasteiger partial charge in [0.25, 0.3) is 0 Å². The van der Waals surface area contributed by atoms with Crippen LogP contribution in [0.4, 0.5) is 13.2 Å². The minimum atomic E-state index is -4.26. The van der Waals surface area contributed by atoms with Crippen LogP contribution in [0.2, 0.25) is 0 Å². The summed E-state index contributed by atoms with van der Waals surface area (Å²) in [4.78, 5) is 26.1. The van der Waals surface area contributed by atoms with Gasteiger partial charge in [-0.25, -0.2) is 0 Å². The Balaban J connectivity index is 1.61. The zero-order valence-corrected chi connectivity index (χ0v) is 14.1. The van der Waals surface area contributed by atoms with Gasteiger partial charge in [0.2, 0.25) is 5.91 Å². The first kappa shape index (κ1) is 17.2. The predicted octanol–water partition coefficient (Wildman–Crippen LogP) is 3.46. The molecule has 0 spiro atoms. The molecule has 25 heavy (non-hydrogen) atoms. The third-order valence-electron chi connectivity index (χ3n) is 7.17. The fraction of sp³-hybridized carbons (Fsp3) is 0.889. The molecule has 5 fully saturated rings. The van der Waals surface area contributed by atoms with Gasteiger partial charge in [0.15, 0.2) is 0 Å². The molecule has 0 aromatic carbocycles. The van der Waals surface area contributed by atoms with Gasteiger partial charge in [-0.1, -0.05) is 0 Å². The molecule has 4 aliphatic carbocycles. The van der Waals surface area contributed by atoms with Gasteiger partial charge in [-0.3, -0.25) is 9.59 Å². The smallest absolute Gasteiger partial charge is 0.394 e. The molecule has 7 heteroatoms. The van der Waals surface area contributed by atoms with E-state index in [1.807, 2.05) is 0 Å². The molecule has 4 bridgehead atoms. The molecule has 3 unspecified atom stereocenters. The van der Waals surface area contributed by atoms with Crippen molar-refractivity contribution in [3.05, 3.63) is 0 Å². The fourth-order valence-corrected chi connectivity index (χ4v) is 6.54. The monoisotopic (exact) mass is 359 g/mol. The number of amides is 1. The summed E-state index contributed by atoms with van der Waals surface area (Å²) in [5.41, 5.74) is -2.62. The number of likely N-dealkylation sites (tertiary alicyclic amines) is 1. The van der Waals surface area contributed by atoms with E-state index in [1.165, 1.54) is 0 Å². The lowest BCUT2D eigenvalue weighted by Crippen LogP contribution is -2.62. The lowest BCUT2D eigenvalue weighted by Gasteiger charge is -2.62. The van der Waals surface area contributed by atoms with E-state index in [1.54, 1.807) is 4.90 Å². The molecule has 1 aliphatic heterocycles. The highest BCUT2D eigenvalue weighted by Gasteiger charge is 2.69. The Bertz CT molecular complexity index is 589. The number of carbonyl (C=O) groups is 2. The van der Waals surface area contributed by atoms with E-state index in [0.29, 0.717) is 32.2 Å². The molecule has 1 amide bonds. The average molecular weight is 359 g/mol. The van der Waals surface area contributed by atoms with E-state index in [4.69, 9.17) is 0 Å². The van der Waals surface area contributed by atoms with Crippen molar-refractivity contribution in [1.29, 1.82) is 0 Å². The maximum Gasteiger partial charge on any atom is 0.394 e. The van der Waals surface area contributed by atoms with Crippen molar-refractivity contribution in [3.63, 3.8) is 0 Å². The molecule has 140 valence electrons. The molecule has 5 rings (SSSR count). The first-order chi connectivity index (χ1) is 11.6. The number of nitrogens with zero attached hydrogens (tertiary/aromatic N) is 1. The predicted molar refractivity (Wildman–Crippen MR) is 82.5 cm³/mol. The quantitative estimate of drug-likeness (QED) is 0.821. The number of piperidine rings is 1. The minimum absolute atomic E-state index is 0.0214. The number of alkyl halides is 3. The van der Waals surface area contributed by atoms with E-state index < -0.39 is 28.9 Å². The van der Waals surface area contributed by atoms with Crippen LogP contribution >= 0.6 is 0 Å². The molecule has 0 radical (unpaired) electrons. The van der Waals surface area contributed by atoms with Crippen LogP contribution in [0.5, 0.6) is 0 Å². The second kappa shape index (κ2) is 5.36. The Morgan fingerprint density at radius 2 is 1.72 bits per heavy atom. The fourth-order valence-electron chi connectivity index (χ4n) is 6.54. The van der Waals surface area contributed by atoms with Gasteiger partial charge in [-0.2, -0.15) is 13.2 Å². The van der Waals surface area contributed by atoms with Gasteiger partial charge in [0.1, 0.15) is 0 Å². The zero-order chi connectivity index (χ0) is 18.0. The SMILES string of the molecule is O=C(O)C1CCCN(C(=O)C23CC4CC(C2)CC(C(F)(F)F)(C4)C3)C1.